The van der Waals surface area contributed by atoms with Crippen LogP contribution in [0.5, 0.6) is 5.75 Å². The van der Waals surface area contributed by atoms with Crippen LogP contribution in [-0.4, -0.2) is 35.9 Å². The molecule has 2 unspecified atom stereocenters. The summed E-state index contributed by atoms with van der Waals surface area (Å²) >= 11 is 0. The average Bonchev–Trinajstić information content (AvgIpc) is 2.34. The molecule has 0 radical (unpaired) electrons. The highest BCUT2D eigenvalue weighted by molar-refractivity contribution is 5.72. The molecule has 0 heterocycles. The van der Waals surface area contributed by atoms with Gasteiger partial charge in [0.15, 0.2) is 0 Å². The van der Waals surface area contributed by atoms with Gasteiger partial charge in [0.1, 0.15) is 23.8 Å². The summed E-state index contributed by atoms with van der Waals surface area (Å²) in [5.74, 6) is -0.602. The third-order valence-corrected chi connectivity index (χ3v) is 2.44. The number of nitrogens with one attached hydrogen (secondary N) is 1. The van der Waals surface area contributed by atoms with Crippen LogP contribution in [0, 0.1) is 5.82 Å². The van der Waals surface area contributed by atoms with Crippen LogP contribution < -0.4 is 10.1 Å². The minimum Gasteiger partial charge on any atom is -0.496 e. The molecular formula is C12H16FNO4. The molecule has 0 aliphatic rings. The fourth-order valence-electron chi connectivity index (χ4n) is 1.50. The number of carbonyl (C=O) groups is 1. The fraction of sp³-hybridized carbons (Fsp3) is 0.417. The van der Waals surface area contributed by atoms with E-state index in [1.165, 1.54) is 26.2 Å². The standard InChI is InChI=1S/C12H16FNO4/c1-7(15)14-6-10(16)12(17)9-5-8(13)3-4-11(9)18-2/h3-5,10,12,16-17H,6H2,1-2H3,(H,14,15). The summed E-state index contributed by atoms with van der Waals surface area (Å²) in [5.41, 5.74) is 0.135. The van der Waals surface area contributed by atoms with Gasteiger partial charge in [0.25, 0.3) is 0 Å². The summed E-state index contributed by atoms with van der Waals surface area (Å²) in [6.45, 7) is 1.16. The summed E-state index contributed by atoms with van der Waals surface area (Å²) in [5, 5.41) is 21.9. The van der Waals surface area contributed by atoms with Crippen molar-refractivity contribution in [1.29, 1.82) is 0 Å². The quantitative estimate of drug-likeness (QED) is 0.712. The van der Waals surface area contributed by atoms with Gasteiger partial charge in [-0.2, -0.15) is 0 Å². The molecule has 0 aliphatic heterocycles. The monoisotopic (exact) mass is 257 g/mol. The van der Waals surface area contributed by atoms with Crippen LogP contribution in [-0.2, 0) is 4.79 Å². The highest BCUT2D eigenvalue weighted by atomic mass is 19.1. The number of aliphatic hydroxyl groups is 2. The molecule has 100 valence electrons. The SMILES string of the molecule is COc1ccc(F)cc1C(O)C(O)CNC(C)=O. The van der Waals surface area contributed by atoms with Crippen LogP contribution >= 0.6 is 0 Å². The topological polar surface area (TPSA) is 78.8 Å². The van der Waals surface area contributed by atoms with Gasteiger partial charge in [-0.05, 0) is 18.2 Å². The van der Waals surface area contributed by atoms with E-state index in [-0.39, 0.29) is 23.8 Å². The van der Waals surface area contributed by atoms with E-state index in [0.717, 1.165) is 6.07 Å². The van der Waals surface area contributed by atoms with Crippen molar-refractivity contribution in [2.45, 2.75) is 19.1 Å². The minimum absolute atomic E-state index is 0.129. The van der Waals surface area contributed by atoms with E-state index < -0.39 is 18.0 Å². The van der Waals surface area contributed by atoms with Crippen molar-refractivity contribution in [1.82, 2.24) is 5.32 Å². The zero-order valence-electron chi connectivity index (χ0n) is 10.2. The molecule has 0 aromatic heterocycles. The maximum atomic E-state index is 13.1. The maximum Gasteiger partial charge on any atom is 0.216 e. The molecule has 0 saturated carbocycles. The number of ether oxygens (including phenoxy) is 1. The van der Waals surface area contributed by atoms with Gasteiger partial charge in [0.05, 0.1) is 7.11 Å². The normalized spacial score (nSPS) is 13.8. The molecule has 0 saturated heterocycles. The number of hydrogen-bond donors (Lipinski definition) is 3. The number of hydrogen-bond acceptors (Lipinski definition) is 4. The predicted molar refractivity (Wildman–Crippen MR) is 62.6 cm³/mol. The van der Waals surface area contributed by atoms with Gasteiger partial charge in [-0.15, -0.1) is 0 Å². The van der Waals surface area contributed by atoms with Gasteiger partial charge < -0.3 is 20.3 Å². The van der Waals surface area contributed by atoms with Crippen molar-refractivity contribution in [3.8, 4) is 5.75 Å². The Kier molecular flexibility index (Phi) is 5.06. The van der Waals surface area contributed by atoms with E-state index in [9.17, 15) is 19.4 Å². The third kappa shape index (κ3) is 3.68. The number of aliphatic hydroxyl groups excluding tert-OH is 2. The molecule has 6 heteroatoms. The molecule has 2 atom stereocenters. The van der Waals surface area contributed by atoms with Crippen molar-refractivity contribution in [3.05, 3.63) is 29.6 Å². The summed E-state index contributed by atoms with van der Waals surface area (Å²) in [6, 6.07) is 3.63. The van der Waals surface area contributed by atoms with E-state index in [0.29, 0.717) is 0 Å². The largest absolute Gasteiger partial charge is 0.496 e. The Hall–Kier alpha value is -1.66. The molecular weight excluding hydrogens is 241 g/mol. The first-order chi connectivity index (χ1) is 8.45. The van der Waals surface area contributed by atoms with Crippen LogP contribution in [0.1, 0.15) is 18.6 Å². The van der Waals surface area contributed by atoms with E-state index in [4.69, 9.17) is 4.74 Å². The Balaban J connectivity index is 2.84. The number of benzene rings is 1. The van der Waals surface area contributed by atoms with Crippen molar-refractivity contribution < 1.29 is 24.1 Å². The number of carbonyl (C=O) groups excluding carboxylic acids is 1. The smallest absolute Gasteiger partial charge is 0.216 e. The Bertz CT molecular complexity index is 425. The summed E-state index contributed by atoms with van der Waals surface area (Å²) in [7, 11) is 1.38. The lowest BCUT2D eigenvalue weighted by Crippen LogP contribution is -2.34. The molecule has 0 bridgehead atoms. The second-order valence-corrected chi connectivity index (χ2v) is 3.84. The first-order valence-electron chi connectivity index (χ1n) is 5.39. The summed E-state index contributed by atoms with van der Waals surface area (Å²) in [6.07, 6.45) is -2.59. The van der Waals surface area contributed by atoms with Crippen molar-refractivity contribution in [3.63, 3.8) is 0 Å². The van der Waals surface area contributed by atoms with E-state index in [1.54, 1.807) is 0 Å². The van der Waals surface area contributed by atoms with Gasteiger partial charge in [-0.25, -0.2) is 4.39 Å². The van der Waals surface area contributed by atoms with Crippen LogP contribution in [0.4, 0.5) is 4.39 Å². The van der Waals surface area contributed by atoms with Crippen molar-refractivity contribution in [2.24, 2.45) is 0 Å². The van der Waals surface area contributed by atoms with Crippen LogP contribution in [0.25, 0.3) is 0 Å². The third-order valence-electron chi connectivity index (χ3n) is 2.44. The van der Waals surface area contributed by atoms with Crippen LogP contribution in [0.15, 0.2) is 18.2 Å². The number of rotatable bonds is 5. The second kappa shape index (κ2) is 6.32. The number of methoxy groups -OCH3 is 1. The maximum absolute atomic E-state index is 13.1. The zero-order chi connectivity index (χ0) is 13.7. The lowest BCUT2D eigenvalue weighted by atomic mass is 10.0. The second-order valence-electron chi connectivity index (χ2n) is 3.84. The molecule has 1 aromatic rings. The van der Waals surface area contributed by atoms with E-state index in [2.05, 4.69) is 5.32 Å². The highest BCUT2D eigenvalue weighted by Crippen LogP contribution is 2.27. The molecule has 1 aromatic carbocycles. The lowest BCUT2D eigenvalue weighted by molar-refractivity contribution is -0.119. The number of amides is 1. The first-order valence-corrected chi connectivity index (χ1v) is 5.39. The molecule has 0 spiro atoms. The fourth-order valence-corrected chi connectivity index (χ4v) is 1.50. The molecule has 5 nitrogen and oxygen atoms in total. The Morgan fingerprint density at radius 1 is 1.50 bits per heavy atom. The summed E-state index contributed by atoms with van der Waals surface area (Å²) in [4.78, 5) is 10.7. The zero-order valence-corrected chi connectivity index (χ0v) is 10.2. The molecule has 3 N–H and O–H groups in total. The molecule has 18 heavy (non-hydrogen) atoms. The predicted octanol–water partition coefficient (Wildman–Crippen LogP) is 0.365. The Morgan fingerprint density at radius 3 is 2.72 bits per heavy atom. The van der Waals surface area contributed by atoms with Crippen LogP contribution in [0.2, 0.25) is 0 Å². The van der Waals surface area contributed by atoms with E-state index in [1.807, 2.05) is 0 Å². The van der Waals surface area contributed by atoms with Gasteiger partial charge in [-0.3, -0.25) is 4.79 Å². The molecule has 0 fully saturated rings. The first kappa shape index (κ1) is 14.4. The van der Waals surface area contributed by atoms with Gasteiger partial charge in [-0.1, -0.05) is 0 Å². The van der Waals surface area contributed by atoms with Crippen LogP contribution in [0.3, 0.4) is 0 Å². The Labute approximate surface area is 104 Å². The molecule has 1 amide bonds. The van der Waals surface area contributed by atoms with Gasteiger partial charge in [0, 0.05) is 19.0 Å². The molecule has 1 rings (SSSR count). The Morgan fingerprint density at radius 2 is 2.17 bits per heavy atom. The minimum atomic E-state index is -1.34. The highest BCUT2D eigenvalue weighted by Gasteiger charge is 2.22. The lowest BCUT2D eigenvalue weighted by Gasteiger charge is -2.20. The summed E-state index contributed by atoms with van der Waals surface area (Å²) < 4.78 is 18.1. The van der Waals surface area contributed by atoms with Crippen molar-refractivity contribution >= 4 is 5.91 Å². The van der Waals surface area contributed by atoms with E-state index >= 15 is 0 Å². The number of halogens is 1. The van der Waals surface area contributed by atoms with Gasteiger partial charge in [0.2, 0.25) is 5.91 Å². The van der Waals surface area contributed by atoms with Gasteiger partial charge >= 0.3 is 0 Å². The van der Waals surface area contributed by atoms with Crippen molar-refractivity contribution in [2.75, 3.05) is 13.7 Å². The average molecular weight is 257 g/mol. The molecule has 0 aliphatic carbocycles.